The lowest BCUT2D eigenvalue weighted by Gasteiger charge is -2.02. The normalized spacial score (nSPS) is 11.4. The lowest BCUT2D eigenvalue weighted by molar-refractivity contribution is 0.882. The van der Waals surface area contributed by atoms with Gasteiger partial charge >= 0.3 is 0 Å². The van der Waals surface area contributed by atoms with Gasteiger partial charge in [-0.05, 0) is 25.1 Å². The van der Waals surface area contributed by atoms with Gasteiger partial charge in [0.1, 0.15) is 0 Å². The van der Waals surface area contributed by atoms with Crippen molar-refractivity contribution in [2.75, 3.05) is 0 Å². The Hall–Kier alpha value is -1.39. The van der Waals surface area contributed by atoms with Crippen LogP contribution < -0.4 is 0 Å². The van der Waals surface area contributed by atoms with Crippen molar-refractivity contribution < 1.29 is 0 Å². The zero-order valence-corrected chi connectivity index (χ0v) is 9.79. The molecule has 3 rings (SSSR count). The minimum absolute atomic E-state index is 0.396. The fourth-order valence-electron chi connectivity index (χ4n) is 1.67. The largest absolute Gasteiger partial charge is 0.196 e. The van der Waals surface area contributed by atoms with Crippen LogP contribution in [0, 0.1) is 6.92 Å². The van der Waals surface area contributed by atoms with Gasteiger partial charge in [0.25, 0.3) is 0 Å². The minimum Gasteiger partial charge on any atom is -0.196 e. The number of aromatic nitrogens is 4. The second kappa shape index (κ2) is 3.30. The average molecular weight is 253 g/mol. The summed E-state index contributed by atoms with van der Waals surface area (Å²) >= 11 is 12.0. The van der Waals surface area contributed by atoms with Gasteiger partial charge in [-0.25, -0.2) is 0 Å². The zero-order valence-electron chi connectivity index (χ0n) is 8.28. The third kappa shape index (κ3) is 1.27. The molecule has 0 amide bonds. The lowest BCUT2D eigenvalue weighted by atomic mass is 10.2. The molecule has 0 bridgehead atoms. The van der Waals surface area contributed by atoms with Gasteiger partial charge in [0, 0.05) is 15.8 Å². The minimum atomic E-state index is 0.396. The second-order valence-corrected chi connectivity index (χ2v) is 4.26. The van der Waals surface area contributed by atoms with Crippen molar-refractivity contribution >= 4 is 39.6 Å². The van der Waals surface area contributed by atoms with E-state index in [0.717, 1.165) is 10.8 Å². The van der Waals surface area contributed by atoms with Crippen molar-refractivity contribution in [1.29, 1.82) is 0 Å². The van der Waals surface area contributed by atoms with Crippen LogP contribution in [0.3, 0.4) is 0 Å². The molecule has 6 heteroatoms. The summed E-state index contributed by atoms with van der Waals surface area (Å²) in [5.74, 6) is 0.703. The van der Waals surface area contributed by atoms with Crippen LogP contribution in [0.25, 0.3) is 16.4 Å². The lowest BCUT2D eigenvalue weighted by Crippen LogP contribution is -1.96. The molecule has 0 saturated carbocycles. The maximum absolute atomic E-state index is 6.09. The first kappa shape index (κ1) is 9.81. The van der Waals surface area contributed by atoms with Crippen molar-refractivity contribution in [3.63, 3.8) is 0 Å². The van der Waals surface area contributed by atoms with Crippen LogP contribution in [0.5, 0.6) is 0 Å². The number of halogens is 2. The van der Waals surface area contributed by atoms with Crippen LogP contribution in [0.2, 0.25) is 10.2 Å². The quantitative estimate of drug-likeness (QED) is 0.618. The molecule has 0 spiro atoms. The third-order valence-electron chi connectivity index (χ3n) is 2.43. The third-order valence-corrected chi connectivity index (χ3v) is 2.94. The van der Waals surface area contributed by atoms with Crippen LogP contribution in [0.15, 0.2) is 18.2 Å². The molecule has 0 atom stereocenters. The van der Waals surface area contributed by atoms with E-state index in [1.165, 1.54) is 0 Å². The van der Waals surface area contributed by atoms with E-state index in [1.807, 2.05) is 13.0 Å². The standard InChI is InChI=1S/C10H6Cl2N4/c1-5-13-14-10-7-3-2-6(11)4-8(7)9(12)15-16(5)10/h2-4H,1H3. The molecule has 4 nitrogen and oxygen atoms in total. The van der Waals surface area contributed by atoms with Crippen LogP contribution in [-0.4, -0.2) is 19.8 Å². The monoisotopic (exact) mass is 252 g/mol. The van der Waals surface area contributed by atoms with Gasteiger partial charge < -0.3 is 0 Å². The maximum atomic E-state index is 6.09. The van der Waals surface area contributed by atoms with E-state index in [-0.39, 0.29) is 0 Å². The molecule has 0 aliphatic carbocycles. The molecule has 2 aromatic heterocycles. The Balaban J connectivity index is 2.60. The highest BCUT2D eigenvalue weighted by atomic mass is 35.5. The predicted octanol–water partition coefficient (Wildman–Crippen LogP) is 2.89. The van der Waals surface area contributed by atoms with E-state index in [1.54, 1.807) is 16.6 Å². The highest BCUT2D eigenvalue weighted by molar-refractivity contribution is 6.36. The molecule has 16 heavy (non-hydrogen) atoms. The molecular weight excluding hydrogens is 247 g/mol. The van der Waals surface area contributed by atoms with Crippen molar-refractivity contribution in [1.82, 2.24) is 19.8 Å². The molecule has 1 aromatic carbocycles. The number of rotatable bonds is 0. The molecule has 0 aliphatic heterocycles. The van der Waals surface area contributed by atoms with Gasteiger partial charge in [-0.1, -0.05) is 23.2 Å². The fourth-order valence-corrected chi connectivity index (χ4v) is 2.07. The molecule has 0 saturated heterocycles. The summed E-state index contributed by atoms with van der Waals surface area (Å²) in [4.78, 5) is 0. The Bertz CT molecular complexity index is 705. The van der Waals surface area contributed by atoms with Crippen LogP contribution in [0.4, 0.5) is 0 Å². The Labute approximate surface area is 101 Å². The number of fused-ring (bicyclic) bond motifs is 3. The Morgan fingerprint density at radius 3 is 2.75 bits per heavy atom. The van der Waals surface area contributed by atoms with Crippen LogP contribution in [-0.2, 0) is 0 Å². The summed E-state index contributed by atoms with van der Waals surface area (Å²) < 4.78 is 1.62. The van der Waals surface area contributed by atoms with Crippen molar-refractivity contribution in [2.24, 2.45) is 0 Å². The first-order valence-electron chi connectivity index (χ1n) is 4.63. The molecule has 0 aliphatic rings. The fraction of sp³-hybridized carbons (Fsp3) is 0.100. The summed E-state index contributed by atoms with van der Waals surface area (Å²) in [5, 5.41) is 14.9. The molecule has 0 unspecified atom stereocenters. The van der Waals surface area contributed by atoms with Gasteiger partial charge in [-0.15, -0.1) is 10.2 Å². The summed E-state index contributed by atoms with van der Waals surface area (Å²) in [7, 11) is 0. The van der Waals surface area contributed by atoms with E-state index >= 15 is 0 Å². The highest BCUT2D eigenvalue weighted by Gasteiger charge is 2.10. The Morgan fingerprint density at radius 1 is 1.12 bits per heavy atom. The smallest absolute Gasteiger partial charge is 0.185 e. The van der Waals surface area contributed by atoms with Crippen molar-refractivity contribution in [2.45, 2.75) is 6.92 Å². The molecule has 2 heterocycles. The van der Waals surface area contributed by atoms with Gasteiger partial charge in [-0.2, -0.15) is 9.61 Å². The highest BCUT2D eigenvalue weighted by Crippen LogP contribution is 2.27. The molecule has 3 aromatic rings. The van der Waals surface area contributed by atoms with Crippen molar-refractivity contribution in [3.05, 3.63) is 34.2 Å². The Kier molecular flexibility index (Phi) is 2.02. The van der Waals surface area contributed by atoms with Gasteiger partial charge in [-0.3, -0.25) is 0 Å². The van der Waals surface area contributed by atoms with E-state index < -0.39 is 0 Å². The maximum Gasteiger partial charge on any atom is 0.185 e. The van der Waals surface area contributed by atoms with Gasteiger partial charge in [0.15, 0.2) is 16.6 Å². The van der Waals surface area contributed by atoms with Crippen LogP contribution in [0.1, 0.15) is 5.82 Å². The summed E-state index contributed by atoms with van der Waals surface area (Å²) in [6, 6.07) is 5.44. The van der Waals surface area contributed by atoms with Gasteiger partial charge in [0.2, 0.25) is 0 Å². The first-order valence-corrected chi connectivity index (χ1v) is 5.39. The summed E-state index contributed by atoms with van der Waals surface area (Å²) in [6.45, 7) is 1.82. The topological polar surface area (TPSA) is 43.1 Å². The number of benzene rings is 1. The predicted molar refractivity (Wildman–Crippen MR) is 63.0 cm³/mol. The number of nitrogens with zero attached hydrogens (tertiary/aromatic N) is 4. The van der Waals surface area contributed by atoms with E-state index in [0.29, 0.717) is 21.6 Å². The number of aryl methyl sites for hydroxylation is 1. The number of hydrogen-bond donors (Lipinski definition) is 0. The van der Waals surface area contributed by atoms with E-state index in [4.69, 9.17) is 23.2 Å². The van der Waals surface area contributed by atoms with E-state index in [9.17, 15) is 0 Å². The molecule has 80 valence electrons. The summed E-state index contributed by atoms with van der Waals surface area (Å²) in [5.41, 5.74) is 0.688. The molecule has 0 N–H and O–H groups in total. The van der Waals surface area contributed by atoms with Crippen LogP contribution >= 0.6 is 23.2 Å². The SMILES string of the molecule is Cc1nnc2c3ccc(Cl)cc3c(Cl)nn12. The first-order chi connectivity index (χ1) is 7.66. The molecular formula is C10H6Cl2N4. The zero-order chi connectivity index (χ0) is 11.3. The van der Waals surface area contributed by atoms with Gasteiger partial charge in [0.05, 0.1) is 0 Å². The second-order valence-electron chi connectivity index (χ2n) is 3.46. The molecule has 0 radical (unpaired) electrons. The Morgan fingerprint density at radius 2 is 1.94 bits per heavy atom. The van der Waals surface area contributed by atoms with Crippen molar-refractivity contribution in [3.8, 4) is 0 Å². The van der Waals surface area contributed by atoms with E-state index in [2.05, 4.69) is 15.3 Å². The number of hydrogen-bond acceptors (Lipinski definition) is 3. The molecule has 0 fully saturated rings. The summed E-state index contributed by atoms with van der Waals surface area (Å²) in [6.07, 6.45) is 0. The average Bonchev–Trinajstić information content (AvgIpc) is 2.61.